The van der Waals surface area contributed by atoms with Crippen molar-refractivity contribution < 1.29 is 9.53 Å². The van der Waals surface area contributed by atoms with Crippen molar-refractivity contribution in [2.45, 2.75) is 38.1 Å². The van der Waals surface area contributed by atoms with Crippen LogP contribution in [0.3, 0.4) is 0 Å². The van der Waals surface area contributed by atoms with Crippen LogP contribution >= 0.6 is 0 Å². The number of hydrogen-bond acceptors (Lipinski definition) is 5. The molecule has 0 bridgehead atoms. The first-order chi connectivity index (χ1) is 14.2. The molecule has 2 N–H and O–H groups in total. The fourth-order valence-corrected chi connectivity index (χ4v) is 5.38. The molecule has 1 amide bonds. The number of amides is 1. The minimum atomic E-state index is 0.336. The van der Waals surface area contributed by atoms with Crippen LogP contribution in [0.1, 0.15) is 43.7 Å². The van der Waals surface area contributed by atoms with Gasteiger partial charge in [0.15, 0.2) is 0 Å². The SMILES string of the molecule is COCCCN1CC2(CCC1=O)CCN(CC1CNNC1c1ccccc1)CC2. The molecule has 6 nitrogen and oxygen atoms in total. The monoisotopic (exact) mass is 400 g/mol. The van der Waals surface area contributed by atoms with Crippen LogP contribution in [0, 0.1) is 11.3 Å². The molecule has 3 saturated heterocycles. The van der Waals surface area contributed by atoms with Crippen molar-refractivity contribution in [2.24, 2.45) is 11.3 Å². The van der Waals surface area contributed by atoms with Gasteiger partial charge < -0.3 is 14.5 Å². The lowest BCUT2D eigenvalue weighted by atomic mass is 9.72. The number of methoxy groups -OCH3 is 1. The number of ether oxygens (including phenoxy) is 1. The molecule has 1 spiro atoms. The Morgan fingerprint density at radius 2 is 1.97 bits per heavy atom. The zero-order valence-electron chi connectivity index (χ0n) is 17.7. The topological polar surface area (TPSA) is 56.8 Å². The fraction of sp³-hybridized carbons (Fsp3) is 0.696. The Bertz CT molecular complexity index is 660. The van der Waals surface area contributed by atoms with Gasteiger partial charge in [-0.1, -0.05) is 30.3 Å². The Morgan fingerprint density at radius 3 is 2.72 bits per heavy atom. The summed E-state index contributed by atoms with van der Waals surface area (Å²) in [6.45, 7) is 6.97. The highest BCUT2D eigenvalue weighted by Crippen LogP contribution is 2.40. The van der Waals surface area contributed by atoms with E-state index in [-0.39, 0.29) is 0 Å². The van der Waals surface area contributed by atoms with Crippen LogP contribution < -0.4 is 10.9 Å². The zero-order chi connectivity index (χ0) is 20.1. The van der Waals surface area contributed by atoms with Gasteiger partial charge in [0.2, 0.25) is 5.91 Å². The number of hydrazine groups is 1. The van der Waals surface area contributed by atoms with E-state index in [0.29, 0.717) is 23.3 Å². The molecule has 1 aromatic carbocycles. The van der Waals surface area contributed by atoms with Gasteiger partial charge in [0, 0.05) is 52.2 Å². The summed E-state index contributed by atoms with van der Waals surface area (Å²) < 4.78 is 5.17. The number of benzene rings is 1. The minimum absolute atomic E-state index is 0.336. The number of carbonyl (C=O) groups excluding carboxylic acids is 1. The van der Waals surface area contributed by atoms with Crippen LogP contribution in [-0.2, 0) is 9.53 Å². The summed E-state index contributed by atoms with van der Waals surface area (Å²) in [5.74, 6) is 0.924. The van der Waals surface area contributed by atoms with Gasteiger partial charge in [0.25, 0.3) is 0 Å². The highest BCUT2D eigenvalue weighted by molar-refractivity contribution is 5.77. The summed E-state index contributed by atoms with van der Waals surface area (Å²) in [4.78, 5) is 17.1. The molecule has 2 unspecified atom stereocenters. The van der Waals surface area contributed by atoms with Gasteiger partial charge in [-0.05, 0) is 49.8 Å². The Morgan fingerprint density at radius 1 is 1.17 bits per heavy atom. The number of hydrogen-bond donors (Lipinski definition) is 2. The average molecular weight is 401 g/mol. The summed E-state index contributed by atoms with van der Waals surface area (Å²) in [6.07, 6.45) is 5.15. The molecule has 3 aliphatic heterocycles. The summed E-state index contributed by atoms with van der Waals surface area (Å²) in [7, 11) is 1.73. The van der Waals surface area contributed by atoms with Crippen LogP contribution in [0.2, 0.25) is 0 Å². The molecule has 0 aliphatic carbocycles. The van der Waals surface area contributed by atoms with Gasteiger partial charge in [-0.2, -0.15) is 0 Å². The second-order valence-corrected chi connectivity index (χ2v) is 9.14. The van der Waals surface area contributed by atoms with E-state index in [0.717, 1.165) is 65.1 Å². The van der Waals surface area contributed by atoms with Crippen molar-refractivity contribution in [1.82, 2.24) is 20.7 Å². The van der Waals surface area contributed by atoms with Crippen LogP contribution in [0.15, 0.2) is 30.3 Å². The third kappa shape index (κ3) is 5.00. The third-order valence-corrected chi connectivity index (χ3v) is 7.19. The highest BCUT2D eigenvalue weighted by Gasteiger charge is 2.41. The lowest BCUT2D eigenvalue weighted by Crippen LogP contribution is -2.52. The molecule has 2 atom stereocenters. The molecule has 3 heterocycles. The normalized spacial score (nSPS) is 27.6. The number of carbonyl (C=O) groups is 1. The van der Waals surface area contributed by atoms with E-state index in [1.165, 1.54) is 18.4 Å². The van der Waals surface area contributed by atoms with Crippen LogP contribution in [0.25, 0.3) is 0 Å². The molecule has 4 rings (SSSR count). The number of likely N-dealkylation sites (tertiary alicyclic amines) is 2. The first-order valence-corrected chi connectivity index (χ1v) is 11.2. The van der Waals surface area contributed by atoms with E-state index < -0.39 is 0 Å². The minimum Gasteiger partial charge on any atom is -0.385 e. The van der Waals surface area contributed by atoms with E-state index >= 15 is 0 Å². The molecule has 0 radical (unpaired) electrons. The largest absolute Gasteiger partial charge is 0.385 e. The number of nitrogens with one attached hydrogen (secondary N) is 2. The lowest BCUT2D eigenvalue weighted by Gasteiger charge is -2.48. The summed E-state index contributed by atoms with van der Waals surface area (Å²) >= 11 is 0. The Balaban J connectivity index is 1.29. The Kier molecular flexibility index (Phi) is 6.85. The molecular formula is C23H36N4O2. The van der Waals surface area contributed by atoms with Crippen LogP contribution in [0.4, 0.5) is 0 Å². The molecule has 1 aromatic rings. The standard InChI is InChI=1S/C23H36N4O2/c1-29-15-5-12-27-18-23(9-8-21(27)28)10-13-26(14-11-23)17-20-16-24-25-22(20)19-6-3-2-4-7-19/h2-4,6-7,20,22,24-25H,5,8-18H2,1H3. The number of nitrogens with zero attached hydrogens (tertiary/aromatic N) is 2. The molecular weight excluding hydrogens is 364 g/mol. The summed E-state index contributed by atoms with van der Waals surface area (Å²) in [6, 6.07) is 11.2. The zero-order valence-corrected chi connectivity index (χ0v) is 17.7. The predicted molar refractivity (Wildman–Crippen MR) is 114 cm³/mol. The van der Waals surface area contributed by atoms with E-state index in [1.807, 2.05) is 0 Å². The van der Waals surface area contributed by atoms with Crippen molar-refractivity contribution in [3.63, 3.8) is 0 Å². The average Bonchev–Trinajstić information content (AvgIpc) is 3.21. The van der Waals surface area contributed by atoms with E-state index in [2.05, 4.69) is 51.0 Å². The molecule has 0 aromatic heterocycles. The number of piperidine rings is 2. The molecule has 29 heavy (non-hydrogen) atoms. The van der Waals surface area contributed by atoms with E-state index in [1.54, 1.807) is 7.11 Å². The van der Waals surface area contributed by atoms with Crippen molar-refractivity contribution in [2.75, 3.05) is 53.0 Å². The predicted octanol–water partition coefficient (Wildman–Crippen LogP) is 2.19. The summed E-state index contributed by atoms with van der Waals surface area (Å²) in [5.41, 5.74) is 8.55. The van der Waals surface area contributed by atoms with Crippen molar-refractivity contribution >= 4 is 5.91 Å². The van der Waals surface area contributed by atoms with E-state index in [4.69, 9.17) is 4.74 Å². The molecule has 3 fully saturated rings. The maximum absolute atomic E-state index is 12.3. The Hall–Kier alpha value is -1.47. The quantitative estimate of drug-likeness (QED) is 0.687. The number of rotatable bonds is 7. The molecule has 160 valence electrons. The third-order valence-electron chi connectivity index (χ3n) is 7.19. The van der Waals surface area contributed by atoms with Crippen molar-refractivity contribution in [1.29, 1.82) is 0 Å². The molecule has 3 aliphatic rings. The molecule has 6 heteroatoms. The van der Waals surface area contributed by atoms with Gasteiger partial charge in [0.1, 0.15) is 0 Å². The second-order valence-electron chi connectivity index (χ2n) is 9.14. The van der Waals surface area contributed by atoms with Gasteiger partial charge in [0.05, 0.1) is 6.04 Å². The van der Waals surface area contributed by atoms with Gasteiger partial charge >= 0.3 is 0 Å². The van der Waals surface area contributed by atoms with Crippen molar-refractivity contribution in [3.8, 4) is 0 Å². The van der Waals surface area contributed by atoms with Crippen molar-refractivity contribution in [3.05, 3.63) is 35.9 Å². The second kappa shape index (κ2) is 9.56. The van der Waals surface area contributed by atoms with Crippen LogP contribution in [-0.4, -0.2) is 68.7 Å². The smallest absolute Gasteiger partial charge is 0.222 e. The highest BCUT2D eigenvalue weighted by atomic mass is 16.5. The van der Waals surface area contributed by atoms with Gasteiger partial charge in [-0.15, -0.1) is 0 Å². The fourth-order valence-electron chi connectivity index (χ4n) is 5.38. The maximum Gasteiger partial charge on any atom is 0.222 e. The Labute approximate surface area is 174 Å². The first kappa shape index (κ1) is 20.8. The maximum atomic E-state index is 12.3. The van der Waals surface area contributed by atoms with Gasteiger partial charge in [-0.3, -0.25) is 10.2 Å². The van der Waals surface area contributed by atoms with Gasteiger partial charge in [-0.25, -0.2) is 5.43 Å². The lowest BCUT2D eigenvalue weighted by molar-refractivity contribution is -0.139. The summed E-state index contributed by atoms with van der Waals surface area (Å²) in [5, 5.41) is 0. The molecule has 0 saturated carbocycles. The van der Waals surface area contributed by atoms with Crippen LogP contribution in [0.5, 0.6) is 0 Å². The van der Waals surface area contributed by atoms with E-state index in [9.17, 15) is 4.79 Å². The first-order valence-electron chi connectivity index (χ1n) is 11.2.